The van der Waals surface area contributed by atoms with Crippen LogP contribution in [0, 0.1) is 0 Å². The third-order valence-corrected chi connectivity index (χ3v) is 3.55. The van der Waals surface area contributed by atoms with Crippen LogP contribution in [-0.4, -0.2) is 41.6 Å². The second-order valence-electron chi connectivity index (χ2n) is 4.66. The Morgan fingerprint density at radius 1 is 1.47 bits per heavy atom. The van der Waals surface area contributed by atoms with Gasteiger partial charge in [0.25, 0.3) is 0 Å². The molecule has 3 heterocycles. The van der Waals surface area contributed by atoms with Gasteiger partial charge in [0.1, 0.15) is 12.4 Å². The van der Waals surface area contributed by atoms with Crippen LogP contribution in [0.3, 0.4) is 0 Å². The topological polar surface area (TPSA) is 68.5 Å². The maximum atomic E-state index is 11.7. The van der Waals surface area contributed by atoms with Crippen molar-refractivity contribution in [3.63, 3.8) is 0 Å². The van der Waals surface area contributed by atoms with Crippen molar-refractivity contribution in [2.75, 3.05) is 25.5 Å². The molecule has 5 nitrogen and oxygen atoms in total. The zero-order chi connectivity index (χ0) is 11.8. The van der Waals surface area contributed by atoms with Crippen LogP contribution in [0.2, 0.25) is 0 Å². The molecule has 2 saturated heterocycles. The summed E-state index contributed by atoms with van der Waals surface area (Å²) in [5, 5.41) is 0. The first kappa shape index (κ1) is 10.5. The molecule has 2 atom stereocenters. The summed E-state index contributed by atoms with van der Waals surface area (Å²) >= 11 is 0. The molecule has 17 heavy (non-hydrogen) atoms. The minimum absolute atomic E-state index is 0.104. The van der Waals surface area contributed by atoms with E-state index in [9.17, 15) is 4.79 Å². The lowest BCUT2D eigenvalue weighted by Gasteiger charge is -2.28. The van der Waals surface area contributed by atoms with E-state index >= 15 is 0 Å². The van der Waals surface area contributed by atoms with Crippen molar-refractivity contribution in [1.82, 2.24) is 9.88 Å². The summed E-state index contributed by atoms with van der Waals surface area (Å²) in [5.41, 5.74) is 6.72. The lowest BCUT2D eigenvalue weighted by atomic mass is 9.98. The molecule has 2 aliphatic heterocycles. The van der Waals surface area contributed by atoms with E-state index in [1.807, 2.05) is 23.2 Å². The van der Waals surface area contributed by atoms with E-state index in [0.717, 1.165) is 18.5 Å². The van der Waals surface area contributed by atoms with E-state index in [1.165, 1.54) is 0 Å². The molecular formula is C12H15N3O2. The summed E-state index contributed by atoms with van der Waals surface area (Å²) < 4.78 is 5.27. The number of nitrogens with zero attached hydrogens (tertiary/aromatic N) is 2. The Balaban J connectivity index is 1.79. The van der Waals surface area contributed by atoms with Crippen molar-refractivity contribution in [2.45, 2.75) is 18.4 Å². The van der Waals surface area contributed by atoms with Gasteiger partial charge in [0, 0.05) is 18.7 Å². The summed E-state index contributed by atoms with van der Waals surface area (Å²) in [6.07, 6.45) is 2.77. The lowest BCUT2D eigenvalue weighted by Crippen LogP contribution is -2.45. The van der Waals surface area contributed by atoms with Gasteiger partial charge < -0.3 is 15.4 Å². The van der Waals surface area contributed by atoms with E-state index in [-0.39, 0.29) is 18.6 Å². The Morgan fingerprint density at radius 2 is 2.35 bits per heavy atom. The number of carbonyl (C=O) groups is 1. The highest BCUT2D eigenvalue weighted by atomic mass is 16.5. The van der Waals surface area contributed by atoms with Crippen LogP contribution < -0.4 is 5.73 Å². The standard InChI is InChI=1S/C12H15N3O2/c13-11-2-1-8(4-14-11)9-3-10-6-17-7-12(16)15(10)5-9/h1-2,4,9-10H,3,5-7H2,(H2,13,14)/t9-,10-/m0/s1. The van der Waals surface area contributed by atoms with Crippen molar-refractivity contribution >= 4 is 11.7 Å². The molecule has 90 valence electrons. The summed E-state index contributed by atoms with van der Waals surface area (Å²) in [6.45, 7) is 1.66. The van der Waals surface area contributed by atoms with Crippen LogP contribution in [0.1, 0.15) is 17.9 Å². The maximum Gasteiger partial charge on any atom is 0.248 e. The van der Waals surface area contributed by atoms with Crippen LogP contribution in [0.15, 0.2) is 18.3 Å². The van der Waals surface area contributed by atoms with Crippen molar-refractivity contribution in [3.05, 3.63) is 23.9 Å². The number of hydrogen-bond donors (Lipinski definition) is 1. The Bertz CT molecular complexity index is 432. The minimum atomic E-state index is 0.104. The second-order valence-corrected chi connectivity index (χ2v) is 4.66. The quantitative estimate of drug-likeness (QED) is 0.761. The van der Waals surface area contributed by atoms with E-state index in [0.29, 0.717) is 18.3 Å². The molecule has 2 aliphatic rings. The van der Waals surface area contributed by atoms with Gasteiger partial charge in [-0.1, -0.05) is 6.07 Å². The van der Waals surface area contributed by atoms with Crippen LogP contribution in [0.25, 0.3) is 0 Å². The number of carbonyl (C=O) groups excluding carboxylic acids is 1. The number of morpholine rings is 1. The lowest BCUT2D eigenvalue weighted by molar-refractivity contribution is -0.145. The molecule has 5 heteroatoms. The molecule has 0 spiro atoms. The fraction of sp³-hybridized carbons (Fsp3) is 0.500. The third-order valence-electron chi connectivity index (χ3n) is 3.55. The van der Waals surface area contributed by atoms with E-state index in [1.54, 1.807) is 0 Å². The van der Waals surface area contributed by atoms with Gasteiger partial charge in [-0.2, -0.15) is 0 Å². The van der Waals surface area contributed by atoms with E-state index in [2.05, 4.69) is 4.98 Å². The number of pyridine rings is 1. The Hall–Kier alpha value is -1.62. The van der Waals surface area contributed by atoms with E-state index in [4.69, 9.17) is 10.5 Å². The first-order valence-electron chi connectivity index (χ1n) is 5.82. The number of aromatic nitrogens is 1. The summed E-state index contributed by atoms with van der Waals surface area (Å²) in [5.74, 6) is 0.995. The number of nitrogens with two attached hydrogens (primary N) is 1. The third kappa shape index (κ3) is 1.86. The van der Waals surface area contributed by atoms with Gasteiger partial charge in [-0.15, -0.1) is 0 Å². The average Bonchev–Trinajstić information content (AvgIpc) is 2.75. The molecule has 0 saturated carbocycles. The van der Waals surface area contributed by atoms with Crippen molar-refractivity contribution in [1.29, 1.82) is 0 Å². The predicted octanol–water partition coefficient (Wildman–Crippen LogP) is 0.378. The van der Waals surface area contributed by atoms with Crippen LogP contribution in [0.4, 0.5) is 5.82 Å². The molecule has 0 aliphatic carbocycles. The van der Waals surface area contributed by atoms with Crippen molar-refractivity contribution < 1.29 is 9.53 Å². The zero-order valence-corrected chi connectivity index (χ0v) is 9.50. The zero-order valence-electron chi connectivity index (χ0n) is 9.50. The highest BCUT2D eigenvalue weighted by Gasteiger charge is 2.38. The van der Waals surface area contributed by atoms with Gasteiger partial charge in [0.15, 0.2) is 0 Å². The Labute approximate surface area is 99.6 Å². The molecular weight excluding hydrogens is 218 g/mol. The number of ether oxygens (including phenoxy) is 1. The van der Waals surface area contributed by atoms with Gasteiger partial charge in [-0.05, 0) is 18.1 Å². The largest absolute Gasteiger partial charge is 0.384 e. The molecule has 0 radical (unpaired) electrons. The monoisotopic (exact) mass is 233 g/mol. The summed E-state index contributed by atoms with van der Waals surface area (Å²) in [7, 11) is 0. The molecule has 0 unspecified atom stereocenters. The van der Waals surface area contributed by atoms with Gasteiger partial charge in [-0.3, -0.25) is 4.79 Å². The molecule has 0 bridgehead atoms. The number of rotatable bonds is 1. The van der Waals surface area contributed by atoms with Crippen LogP contribution in [-0.2, 0) is 9.53 Å². The maximum absolute atomic E-state index is 11.7. The number of nitrogen functional groups attached to an aromatic ring is 1. The van der Waals surface area contributed by atoms with Gasteiger partial charge in [-0.25, -0.2) is 4.98 Å². The van der Waals surface area contributed by atoms with Gasteiger partial charge >= 0.3 is 0 Å². The predicted molar refractivity (Wildman–Crippen MR) is 62.3 cm³/mol. The molecule has 3 rings (SSSR count). The molecule has 1 amide bonds. The molecule has 0 aromatic carbocycles. The second kappa shape index (κ2) is 4.00. The first-order chi connectivity index (χ1) is 8.24. The number of anilines is 1. The summed E-state index contributed by atoms with van der Waals surface area (Å²) in [6, 6.07) is 4.04. The van der Waals surface area contributed by atoms with Gasteiger partial charge in [0.2, 0.25) is 5.91 Å². The SMILES string of the molecule is Nc1ccc([C@H]2C[C@H]3COCC(=O)N3C2)cn1. The highest BCUT2D eigenvalue weighted by molar-refractivity contribution is 5.79. The fourth-order valence-electron chi connectivity index (χ4n) is 2.65. The van der Waals surface area contributed by atoms with Crippen molar-refractivity contribution in [3.8, 4) is 0 Å². The minimum Gasteiger partial charge on any atom is -0.384 e. The van der Waals surface area contributed by atoms with Crippen molar-refractivity contribution in [2.24, 2.45) is 0 Å². The fourth-order valence-corrected chi connectivity index (χ4v) is 2.65. The van der Waals surface area contributed by atoms with Crippen LogP contribution >= 0.6 is 0 Å². The number of hydrogen-bond acceptors (Lipinski definition) is 4. The number of fused-ring (bicyclic) bond motifs is 1. The average molecular weight is 233 g/mol. The smallest absolute Gasteiger partial charge is 0.248 e. The molecule has 2 N–H and O–H groups in total. The first-order valence-corrected chi connectivity index (χ1v) is 5.82. The normalized spacial score (nSPS) is 28.2. The molecule has 1 aromatic heterocycles. The Kier molecular flexibility index (Phi) is 2.48. The van der Waals surface area contributed by atoms with Crippen LogP contribution in [0.5, 0.6) is 0 Å². The molecule has 1 aromatic rings. The van der Waals surface area contributed by atoms with Gasteiger partial charge in [0.05, 0.1) is 12.6 Å². The number of amides is 1. The molecule has 2 fully saturated rings. The van der Waals surface area contributed by atoms with E-state index < -0.39 is 0 Å². The Morgan fingerprint density at radius 3 is 3.06 bits per heavy atom. The highest BCUT2D eigenvalue weighted by Crippen LogP contribution is 2.33. The summed E-state index contributed by atoms with van der Waals surface area (Å²) in [4.78, 5) is 17.7.